The molecule has 0 aromatic heterocycles. The Labute approximate surface area is 275 Å². The lowest BCUT2D eigenvalue weighted by Gasteiger charge is -2.58. The fraction of sp³-hybridized carbons (Fsp3) is 0.897. The van der Waals surface area contributed by atoms with Crippen molar-refractivity contribution in [3.8, 4) is 0 Å². The van der Waals surface area contributed by atoms with Gasteiger partial charge in [0.15, 0.2) is 0 Å². The largest absolute Gasteiger partial charge is 0.462 e. The van der Waals surface area contributed by atoms with E-state index >= 15 is 0 Å². The van der Waals surface area contributed by atoms with Gasteiger partial charge >= 0.3 is 5.97 Å². The van der Waals surface area contributed by atoms with Crippen LogP contribution < -0.4 is 5.32 Å². The number of fused-ring (bicyclic) bond motifs is 5. The van der Waals surface area contributed by atoms with Gasteiger partial charge < -0.3 is 14.8 Å². The topological polar surface area (TPSA) is 67.9 Å². The summed E-state index contributed by atoms with van der Waals surface area (Å²) in [4.78, 5) is 27.5. The van der Waals surface area contributed by atoms with E-state index in [1.807, 2.05) is 0 Å². The number of nitrogens with one attached hydrogen (secondary N) is 1. The van der Waals surface area contributed by atoms with Crippen molar-refractivity contribution in [3.63, 3.8) is 0 Å². The molecule has 0 radical (unpaired) electrons. The molecule has 0 aromatic carbocycles. The van der Waals surface area contributed by atoms with Crippen LogP contribution in [0.4, 0.5) is 0 Å². The smallest absolute Gasteiger partial charge is 0.306 e. The standard InChI is InChI=1S/C39H66N2O4/c1-28(2)9-8-10-29(3)33-13-14-34-32-12-11-30-27-31(17-19-38(30,4)35(32)18-20-39(33,34)5)45-37(43)16-15-36(42)40-21-6-7-22-41-23-25-44-26-24-41/h11,28-29,31-35H,6-10,12-27H2,1-5H3,(H,40,42). The summed E-state index contributed by atoms with van der Waals surface area (Å²) in [5.41, 5.74) is 2.33. The zero-order valence-electron chi connectivity index (χ0n) is 29.5. The summed E-state index contributed by atoms with van der Waals surface area (Å²) in [7, 11) is 0. The van der Waals surface area contributed by atoms with Gasteiger partial charge in [-0.15, -0.1) is 0 Å². The molecule has 1 amide bonds. The molecule has 0 spiro atoms. The van der Waals surface area contributed by atoms with Crippen LogP contribution in [0, 0.1) is 46.3 Å². The van der Waals surface area contributed by atoms with Crippen LogP contribution in [0.5, 0.6) is 0 Å². The summed E-state index contributed by atoms with van der Waals surface area (Å²) in [5, 5.41) is 2.99. The number of allylic oxidation sites excluding steroid dienone is 1. The van der Waals surface area contributed by atoms with Gasteiger partial charge in [-0.05, 0) is 111 Å². The highest BCUT2D eigenvalue weighted by molar-refractivity contribution is 5.81. The van der Waals surface area contributed by atoms with Crippen molar-refractivity contribution in [2.45, 2.75) is 137 Å². The first-order valence-corrected chi connectivity index (χ1v) is 19.1. The highest BCUT2D eigenvalue weighted by Gasteiger charge is 2.59. The Morgan fingerprint density at radius 2 is 1.78 bits per heavy atom. The molecule has 256 valence electrons. The van der Waals surface area contributed by atoms with Crippen LogP contribution in [0.25, 0.3) is 0 Å². The molecule has 1 N–H and O–H groups in total. The summed E-state index contributed by atoms with van der Waals surface area (Å²) in [6.07, 6.45) is 19.0. The van der Waals surface area contributed by atoms with Crippen molar-refractivity contribution < 1.29 is 19.1 Å². The number of ether oxygens (including phenoxy) is 2. The molecule has 5 rings (SSSR count). The van der Waals surface area contributed by atoms with Gasteiger partial charge in [-0.1, -0.05) is 65.5 Å². The number of morpholine rings is 1. The van der Waals surface area contributed by atoms with Gasteiger partial charge in [-0.3, -0.25) is 14.5 Å². The summed E-state index contributed by atoms with van der Waals surface area (Å²) < 4.78 is 11.4. The molecule has 1 heterocycles. The maximum absolute atomic E-state index is 12.7. The maximum atomic E-state index is 12.7. The Kier molecular flexibility index (Phi) is 12.2. The normalized spacial score (nSPS) is 35.6. The number of unbranched alkanes of at least 4 members (excludes halogenated alkanes) is 1. The zero-order valence-corrected chi connectivity index (χ0v) is 29.5. The number of nitrogens with zero attached hydrogens (tertiary/aromatic N) is 1. The second kappa shape index (κ2) is 15.7. The van der Waals surface area contributed by atoms with Gasteiger partial charge in [0, 0.05) is 32.5 Å². The van der Waals surface area contributed by atoms with Crippen LogP contribution in [0.15, 0.2) is 11.6 Å². The number of carbonyl (C=O) groups is 2. The van der Waals surface area contributed by atoms with Crippen molar-refractivity contribution in [2.24, 2.45) is 46.3 Å². The summed E-state index contributed by atoms with van der Waals surface area (Å²) in [6, 6.07) is 0. The van der Waals surface area contributed by atoms with E-state index in [4.69, 9.17) is 9.47 Å². The number of hydrogen-bond donors (Lipinski definition) is 1. The van der Waals surface area contributed by atoms with Crippen molar-refractivity contribution >= 4 is 11.9 Å². The first kappa shape index (κ1) is 34.9. The minimum absolute atomic E-state index is 0.0342. The van der Waals surface area contributed by atoms with Crippen molar-refractivity contribution in [1.29, 1.82) is 0 Å². The van der Waals surface area contributed by atoms with Crippen molar-refractivity contribution in [1.82, 2.24) is 10.2 Å². The number of esters is 1. The van der Waals surface area contributed by atoms with Crippen molar-refractivity contribution in [2.75, 3.05) is 39.4 Å². The van der Waals surface area contributed by atoms with E-state index in [0.29, 0.717) is 12.0 Å². The molecule has 1 saturated heterocycles. The molecular weight excluding hydrogens is 560 g/mol. The molecule has 6 heteroatoms. The second-order valence-electron chi connectivity index (χ2n) is 16.7. The second-order valence-corrected chi connectivity index (χ2v) is 16.7. The summed E-state index contributed by atoms with van der Waals surface area (Å²) in [5.74, 6) is 4.78. The van der Waals surface area contributed by atoms with Crippen LogP contribution in [-0.4, -0.2) is 62.3 Å². The van der Waals surface area contributed by atoms with Crippen LogP contribution in [0.2, 0.25) is 0 Å². The van der Waals surface area contributed by atoms with E-state index in [1.54, 1.807) is 5.57 Å². The molecule has 5 aliphatic rings. The van der Waals surface area contributed by atoms with Gasteiger partial charge in [-0.2, -0.15) is 0 Å². The van der Waals surface area contributed by atoms with Crippen LogP contribution in [-0.2, 0) is 19.1 Å². The third-order valence-electron chi connectivity index (χ3n) is 13.4. The average Bonchev–Trinajstić information content (AvgIpc) is 3.37. The number of hydrogen-bond acceptors (Lipinski definition) is 5. The molecular formula is C39H66N2O4. The molecule has 1 aliphatic heterocycles. The maximum Gasteiger partial charge on any atom is 0.306 e. The third kappa shape index (κ3) is 8.37. The lowest BCUT2D eigenvalue weighted by molar-refractivity contribution is -0.152. The van der Waals surface area contributed by atoms with Crippen LogP contribution in [0.1, 0.15) is 131 Å². The summed E-state index contributed by atoms with van der Waals surface area (Å²) >= 11 is 0. The lowest BCUT2D eigenvalue weighted by atomic mass is 9.47. The fourth-order valence-electron chi connectivity index (χ4n) is 10.8. The van der Waals surface area contributed by atoms with E-state index in [-0.39, 0.29) is 36.2 Å². The van der Waals surface area contributed by atoms with Gasteiger partial charge in [0.25, 0.3) is 0 Å². The minimum atomic E-state index is -0.215. The lowest BCUT2D eigenvalue weighted by Crippen LogP contribution is -2.51. The van der Waals surface area contributed by atoms with Crippen LogP contribution >= 0.6 is 0 Å². The highest BCUT2D eigenvalue weighted by atomic mass is 16.5. The van der Waals surface area contributed by atoms with Gasteiger partial charge in [0.05, 0.1) is 19.6 Å². The van der Waals surface area contributed by atoms with Crippen LogP contribution in [0.3, 0.4) is 0 Å². The number of rotatable bonds is 14. The molecule has 0 bridgehead atoms. The number of amides is 1. The Morgan fingerprint density at radius 1 is 0.978 bits per heavy atom. The zero-order chi connectivity index (χ0) is 32.0. The van der Waals surface area contributed by atoms with E-state index < -0.39 is 0 Å². The molecule has 3 saturated carbocycles. The molecule has 4 fully saturated rings. The Morgan fingerprint density at radius 3 is 2.56 bits per heavy atom. The number of carbonyl (C=O) groups excluding carboxylic acids is 2. The van der Waals surface area contributed by atoms with E-state index in [1.165, 1.54) is 51.4 Å². The predicted octanol–water partition coefficient (Wildman–Crippen LogP) is 7.95. The Bertz CT molecular complexity index is 1020. The quantitative estimate of drug-likeness (QED) is 0.120. The van der Waals surface area contributed by atoms with E-state index in [9.17, 15) is 9.59 Å². The third-order valence-corrected chi connectivity index (χ3v) is 13.4. The minimum Gasteiger partial charge on any atom is -0.462 e. The molecule has 0 aromatic rings. The highest BCUT2D eigenvalue weighted by Crippen LogP contribution is 2.67. The molecule has 45 heavy (non-hydrogen) atoms. The molecule has 6 nitrogen and oxygen atoms in total. The molecule has 4 aliphatic carbocycles. The first-order chi connectivity index (χ1) is 21.6. The van der Waals surface area contributed by atoms with E-state index in [0.717, 1.165) is 100 Å². The first-order valence-electron chi connectivity index (χ1n) is 19.1. The van der Waals surface area contributed by atoms with E-state index in [2.05, 4.69) is 50.9 Å². The Balaban J connectivity index is 1.04. The molecule has 8 unspecified atom stereocenters. The monoisotopic (exact) mass is 627 g/mol. The fourth-order valence-corrected chi connectivity index (χ4v) is 10.8. The SMILES string of the molecule is CC(C)CCCC(C)C1CCC2C3CC=C4CC(OC(=O)CCC(=O)NCCCCN5CCOCC5)CCC4(C)C3CCC12C. The van der Waals surface area contributed by atoms with Gasteiger partial charge in [0.1, 0.15) is 6.10 Å². The average molecular weight is 627 g/mol. The Hall–Kier alpha value is -1.40. The van der Waals surface area contributed by atoms with Gasteiger partial charge in [-0.25, -0.2) is 0 Å². The molecule has 8 atom stereocenters. The summed E-state index contributed by atoms with van der Waals surface area (Å²) in [6.45, 7) is 17.9. The van der Waals surface area contributed by atoms with Crippen molar-refractivity contribution in [3.05, 3.63) is 11.6 Å². The predicted molar refractivity (Wildman–Crippen MR) is 182 cm³/mol. The van der Waals surface area contributed by atoms with Gasteiger partial charge in [0.2, 0.25) is 5.91 Å².